The van der Waals surface area contributed by atoms with Gasteiger partial charge >= 0.3 is 0 Å². The lowest BCUT2D eigenvalue weighted by Gasteiger charge is -2.08. The number of hydrogen-bond donors (Lipinski definition) is 1. The van der Waals surface area contributed by atoms with Crippen LogP contribution in [-0.2, 0) is 23.0 Å². The summed E-state index contributed by atoms with van der Waals surface area (Å²) < 4.78 is 29.7. The van der Waals surface area contributed by atoms with Crippen molar-refractivity contribution in [3.8, 4) is 0 Å². The van der Waals surface area contributed by atoms with Gasteiger partial charge in [-0.05, 0) is 30.2 Å². The van der Waals surface area contributed by atoms with Gasteiger partial charge in [0.05, 0.1) is 10.6 Å². The van der Waals surface area contributed by atoms with Crippen LogP contribution in [0.3, 0.4) is 0 Å². The molecule has 5 heteroatoms. The molecule has 0 fully saturated rings. The minimum atomic E-state index is -3.52. The predicted molar refractivity (Wildman–Crippen MR) is 111 cm³/mol. The van der Waals surface area contributed by atoms with Crippen LogP contribution >= 0.6 is 0 Å². The maximum Gasteiger partial charge on any atom is 0.240 e. The maximum absolute atomic E-state index is 12.4. The number of nitrogens with zero attached hydrogens (tertiary/aromatic N) is 1. The summed E-state index contributed by atoms with van der Waals surface area (Å²) in [4.78, 5) is 0.269. The van der Waals surface area contributed by atoms with Gasteiger partial charge in [-0.1, -0.05) is 49.1 Å². The molecule has 0 spiro atoms. The summed E-state index contributed by atoms with van der Waals surface area (Å²) in [7, 11) is -3.52. The minimum Gasteiger partial charge on any atom is -0.336 e. The number of benzene rings is 2. The van der Waals surface area contributed by atoms with E-state index in [-0.39, 0.29) is 4.90 Å². The van der Waals surface area contributed by atoms with Crippen molar-refractivity contribution in [2.75, 3.05) is 6.54 Å². The average molecular weight is 378 g/mol. The van der Waals surface area contributed by atoms with Gasteiger partial charge < -0.3 is 4.57 Å². The highest BCUT2D eigenvalue weighted by atomic mass is 32.2. The van der Waals surface area contributed by atoms with E-state index in [4.69, 9.17) is 0 Å². The normalized spacial score (nSPS) is 11.3. The Morgan fingerprint density at radius 2 is 1.78 bits per heavy atom. The molecule has 0 unspecified atom stereocenters. The Kier molecular flexibility index (Phi) is 5.77. The molecule has 0 aliphatic heterocycles. The molecule has 3 rings (SSSR count). The van der Waals surface area contributed by atoms with Crippen molar-refractivity contribution in [3.05, 3.63) is 90.8 Å². The highest BCUT2D eigenvalue weighted by Gasteiger charge is 2.17. The third-order valence-corrected chi connectivity index (χ3v) is 5.87. The molecule has 0 aliphatic carbocycles. The summed E-state index contributed by atoms with van der Waals surface area (Å²) in [6.45, 7) is 8.49. The molecular formula is C22H22N2O2S. The molecule has 0 radical (unpaired) electrons. The molecular weight excluding hydrogens is 356 g/mol. The van der Waals surface area contributed by atoms with E-state index in [0.717, 1.165) is 22.2 Å². The molecule has 4 nitrogen and oxygen atoms in total. The Bertz CT molecular complexity index is 1110. The molecule has 0 bridgehead atoms. The molecule has 1 heterocycles. The van der Waals surface area contributed by atoms with Gasteiger partial charge in [-0.3, -0.25) is 0 Å². The third-order valence-electron chi connectivity index (χ3n) is 4.39. The van der Waals surface area contributed by atoms with Gasteiger partial charge in [0.1, 0.15) is 0 Å². The van der Waals surface area contributed by atoms with Crippen LogP contribution in [-0.4, -0.2) is 19.5 Å². The van der Waals surface area contributed by atoms with Crippen LogP contribution in [0.5, 0.6) is 0 Å². The Balaban J connectivity index is 1.92. The lowest BCUT2D eigenvalue weighted by atomic mass is 10.1. The lowest BCUT2D eigenvalue weighted by Crippen LogP contribution is -2.26. The zero-order chi connectivity index (χ0) is 19.3. The molecule has 0 amide bonds. The van der Waals surface area contributed by atoms with Gasteiger partial charge in [-0.15, -0.1) is 12.3 Å². The van der Waals surface area contributed by atoms with E-state index < -0.39 is 10.0 Å². The fourth-order valence-corrected chi connectivity index (χ4v) is 4.29. The quantitative estimate of drug-likeness (QED) is 0.473. The van der Waals surface area contributed by atoms with Crippen LogP contribution in [0.4, 0.5) is 0 Å². The van der Waals surface area contributed by atoms with E-state index in [0.29, 0.717) is 19.5 Å². The number of aromatic nitrogens is 1. The summed E-state index contributed by atoms with van der Waals surface area (Å²) in [6, 6.07) is 16.5. The predicted octanol–water partition coefficient (Wildman–Crippen LogP) is 4.15. The van der Waals surface area contributed by atoms with Gasteiger partial charge in [-0.25, -0.2) is 13.1 Å². The second-order valence-corrected chi connectivity index (χ2v) is 7.86. The first-order valence-corrected chi connectivity index (χ1v) is 10.2. The molecule has 0 saturated heterocycles. The van der Waals surface area contributed by atoms with Crippen molar-refractivity contribution < 1.29 is 8.42 Å². The van der Waals surface area contributed by atoms with Crippen molar-refractivity contribution in [1.29, 1.82) is 0 Å². The monoisotopic (exact) mass is 378 g/mol. The second-order valence-electron chi connectivity index (χ2n) is 6.09. The number of nitrogens with one attached hydrogen (secondary N) is 1. The van der Waals surface area contributed by atoms with Crippen LogP contribution < -0.4 is 4.72 Å². The average Bonchev–Trinajstić information content (AvgIpc) is 2.97. The summed E-state index contributed by atoms with van der Waals surface area (Å²) in [6.07, 6.45) is 4.24. The standard InChI is InChI=1S/C22H22N2O2S/c1-3-10-21-20(19-13-8-9-14-22(19)24(21)17-4-2)15-16-23-27(25,26)18-11-6-5-7-12-18/h4-14,23H,1-2,15-17H2. The highest BCUT2D eigenvalue weighted by molar-refractivity contribution is 7.89. The maximum atomic E-state index is 12.4. The Morgan fingerprint density at radius 1 is 1.07 bits per heavy atom. The number of fused-ring (bicyclic) bond motifs is 1. The molecule has 0 aliphatic rings. The van der Waals surface area contributed by atoms with E-state index in [1.54, 1.807) is 30.3 Å². The van der Waals surface area contributed by atoms with Crippen LogP contribution in [0.2, 0.25) is 0 Å². The first-order valence-electron chi connectivity index (χ1n) is 8.70. The molecule has 3 aromatic rings. The van der Waals surface area contributed by atoms with Crippen molar-refractivity contribution >= 4 is 27.0 Å². The molecule has 27 heavy (non-hydrogen) atoms. The molecule has 0 atom stereocenters. The van der Waals surface area contributed by atoms with Crippen LogP contribution in [0.25, 0.3) is 17.0 Å². The van der Waals surface area contributed by atoms with Crippen molar-refractivity contribution in [2.45, 2.75) is 17.9 Å². The van der Waals surface area contributed by atoms with Crippen molar-refractivity contribution in [2.24, 2.45) is 0 Å². The SMILES string of the molecule is C=C=Cc1c(CCNS(=O)(=O)c2ccccc2)c2ccccc2n1CC=C. The number of hydrogen-bond acceptors (Lipinski definition) is 2. The zero-order valence-electron chi connectivity index (χ0n) is 15.1. The summed E-state index contributed by atoms with van der Waals surface area (Å²) in [5, 5.41) is 1.10. The first-order chi connectivity index (χ1) is 13.1. The number of para-hydroxylation sites is 1. The van der Waals surface area contributed by atoms with E-state index in [1.165, 1.54) is 0 Å². The minimum absolute atomic E-state index is 0.269. The second kappa shape index (κ2) is 8.23. The smallest absolute Gasteiger partial charge is 0.240 e. The fraction of sp³-hybridized carbons (Fsp3) is 0.136. The van der Waals surface area contributed by atoms with Crippen LogP contribution in [0, 0.1) is 0 Å². The summed E-state index contributed by atoms with van der Waals surface area (Å²) in [5.74, 6) is 0. The van der Waals surface area contributed by atoms with Crippen LogP contribution in [0.15, 0.2) is 84.5 Å². The Hall–Kier alpha value is -2.85. The van der Waals surface area contributed by atoms with Gasteiger partial charge in [-0.2, -0.15) is 0 Å². The van der Waals surface area contributed by atoms with Crippen LogP contribution in [0.1, 0.15) is 11.3 Å². The Morgan fingerprint density at radius 3 is 2.48 bits per heavy atom. The van der Waals surface area contributed by atoms with E-state index in [2.05, 4.69) is 40.3 Å². The highest BCUT2D eigenvalue weighted by Crippen LogP contribution is 2.28. The van der Waals surface area contributed by atoms with Gasteiger partial charge in [0, 0.05) is 30.1 Å². The topological polar surface area (TPSA) is 51.1 Å². The van der Waals surface area contributed by atoms with Crippen molar-refractivity contribution in [1.82, 2.24) is 9.29 Å². The molecule has 2 aromatic carbocycles. The van der Waals surface area contributed by atoms with Gasteiger partial charge in [0.15, 0.2) is 0 Å². The van der Waals surface area contributed by atoms with Gasteiger partial charge in [0.25, 0.3) is 0 Å². The number of allylic oxidation sites excluding steroid dienone is 1. The molecule has 1 aromatic heterocycles. The fourth-order valence-electron chi connectivity index (χ4n) is 3.24. The molecule has 138 valence electrons. The lowest BCUT2D eigenvalue weighted by molar-refractivity contribution is 0.581. The summed E-state index contributed by atoms with van der Waals surface area (Å²) >= 11 is 0. The molecule has 0 saturated carbocycles. The third kappa shape index (κ3) is 3.96. The molecule has 1 N–H and O–H groups in total. The number of rotatable bonds is 8. The van der Waals surface area contributed by atoms with Crippen molar-refractivity contribution in [3.63, 3.8) is 0 Å². The summed E-state index contributed by atoms with van der Waals surface area (Å²) in [5.41, 5.74) is 5.98. The van der Waals surface area contributed by atoms with E-state index in [1.807, 2.05) is 24.3 Å². The van der Waals surface area contributed by atoms with Gasteiger partial charge in [0.2, 0.25) is 10.0 Å². The van der Waals surface area contributed by atoms with E-state index >= 15 is 0 Å². The first kappa shape index (κ1) is 18.9. The number of sulfonamides is 1. The largest absolute Gasteiger partial charge is 0.336 e. The Labute approximate surface area is 160 Å². The van der Waals surface area contributed by atoms with E-state index in [9.17, 15) is 8.42 Å². The zero-order valence-corrected chi connectivity index (χ0v) is 15.9.